The van der Waals surface area contributed by atoms with Gasteiger partial charge in [-0.25, -0.2) is 0 Å². The Morgan fingerprint density at radius 3 is 2.04 bits per heavy atom. The van der Waals surface area contributed by atoms with E-state index < -0.39 is 5.97 Å². The van der Waals surface area contributed by atoms with Gasteiger partial charge in [0.1, 0.15) is 0 Å². The molecule has 134 valence electrons. The molecule has 0 aliphatic heterocycles. The largest absolute Gasteiger partial charge is 0.481 e. The molecule has 1 unspecified atom stereocenters. The molecule has 23 heavy (non-hydrogen) atoms. The Kier molecular flexibility index (Phi) is 16.4. The van der Waals surface area contributed by atoms with Gasteiger partial charge in [0, 0.05) is 6.42 Å². The standard InChI is InChI=1S/C20H36O3/c1-2-3-4-5-10-13-16-19(21)17-14-11-8-6-7-9-12-15-18-20(22)23/h3-4,10,13,19,21H,2,5-9,11-12,14-18H2,1H3,(H,22,23)/b4-3-,13-10-. The molecule has 0 aliphatic carbocycles. The number of aliphatic carboxylic acids is 1. The number of hydrogen-bond acceptors (Lipinski definition) is 2. The predicted molar refractivity (Wildman–Crippen MR) is 97.6 cm³/mol. The molecular weight excluding hydrogens is 288 g/mol. The molecule has 3 heteroatoms. The molecule has 0 amide bonds. The van der Waals surface area contributed by atoms with Crippen LogP contribution in [0.25, 0.3) is 0 Å². The summed E-state index contributed by atoms with van der Waals surface area (Å²) in [5.74, 6) is -0.684. The molecule has 3 nitrogen and oxygen atoms in total. The first-order chi connectivity index (χ1) is 11.2. The Morgan fingerprint density at radius 2 is 1.43 bits per heavy atom. The number of carboxylic acid groups (broad SMARTS) is 1. The number of carbonyl (C=O) groups is 1. The molecule has 0 fully saturated rings. The minimum absolute atomic E-state index is 0.197. The normalized spacial score (nSPS) is 13.1. The zero-order valence-corrected chi connectivity index (χ0v) is 14.9. The van der Waals surface area contributed by atoms with Gasteiger partial charge >= 0.3 is 5.97 Å². The second kappa shape index (κ2) is 17.3. The van der Waals surface area contributed by atoms with Crippen LogP contribution in [0.5, 0.6) is 0 Å². The lowest BCUT2D eigenvalue weighted by molar-refractivity contribution is -0.137. The molecule has 2 N–H and O–H groups in total. The first kappa shape index (κ1) is 21.9. The van der Waals surface area contributed by atoms with E-state index in [1.807, 2.05) is 0 Å². The molecule has 0 spiro atoms. The van der Waals surface area contributed by atoms with E-state index in [4.69, 9.17) is 5.11 Å². The number of rotatable bonds is 16. The molecule has 0 rings (SSSR count). The van der Waals surface area contributed by atoms with E-state index >= 15 is 0 Å². The second-order valence-corrected chi connectivity index (χ2v) is 6.24. The van der Waals surface area contributed by atoms with Gasteiger partial charge in [-0.15, -0.1) is 0 Å². The van der Waals surface area contributed by atoms with Gasteiger partial charge in [0.25, 0.3) is 0 Å². The topological polar surface area (TPSA) is 57.5 Å². The molecule has 0 aromatic rings. The minimum atomic E-state index is -0.684. The first-order valence-corrected chi connectivity index (χ1v) is 9.36. The summed E-state index contributed by atoms with van der Waals surface area (Å²) < 4.78 is 0. The summed E-state index contributed by atoms with van der Waals surface area (Å²) in [6.07, 6.45) is 21.3. The summed E-state index contributed by atoms with van der Waals surface area (Å²) >= 11 is 0. The Morgan fingerprint density at radius 1 is 0.870 bits per heavy atom. The van der Waals surface area contributed by atoms with Crippen LogP contribution in [0.4, 0.5) is 0 Å². The monoisotopic (exact) mass is 324 g/mol. The van der Waals surface area contributed by atoms with E-state index in [2.05, 4.69) is 31.2 Å². The summed E-state index contributed by atoms with van der Waals surface area (Å²) in [7, 11) is 0. The van der Waals surface area contributed by atoms with Crippen LogP contribution >= 0.6 is 0 Å². The van der Waals surface area contributed by atoms with Crippen molar-refractivity contribution in [2.45, 2.75) is 96.5 Å². The maximum Gasteiger partial charge on any atom is 0.303 e. The van der Waals surface area contributed by atoms with Crippen molar-refractivity contribution in [3.05, 3.63) is 24.3 Å². The first-order valence-electron chi connectivity index (χ1n) is 9.36. The second-order valence-electron chi connectivity index (χ2n) is 6.24. The molecule has 1 atom stereocenters. The predicted octanol–water partition coefficient (Wildman–Crippen LogP) is 5.64. The zero-order chi connectivity index (χ0) is 17.2. The molecule has 0 aromatic heterocycles. The third-order valence-electron chi connectivity index (χ3n) is 3.93. The molecule has 0 aromatic carbocycles. The van der Waals surface area contributed by atoms with Crippen LogP contribution in [0.2, 0.25) is 0 Å². The van der Waals surface area contributed by atoms with Crippen molar-refractivity contribution in [1.29, 1.82) is 0 Å². The van der Waals surface area contributed by atoms with Crippen molar-refractivity contribution in [1.82, 2.24) is 0 Å². The number of unbranched alkanes of at least 4 members (excludes halogenated alkanes) is 7. The molecular formula is C20H36O3. The highest BCUT2D eigenvalue weighted by Crippen LogP contribution is 2.12. The van der Waals surface area contributed by atoms with E-state index in [-0.39, 0.29) is 6.10 Å². The van der Waals surface area contributed by atoms with Crippen molar-refractivity contribution < 1.29 is 15.0 Å². The van der Waals surface area contributed by atoms with Crippen LogP contribution in [0.3, 0.4) is 0 Å². The van der Waals surface area contributed by atoms with E-state index in [1.165, 1.54) is 25.7 Å². The fourth-order valence-corrected chi connectivity index (χ4v) is 2.53. The van der Waals surface area contributed by atoms with Crippen LogP contribution in [0, 0.1) is 0 Å². The molecule has 0 radical (unpaired) electrons. The fourth-order valence-electron chi connectivity index (χ4n) is 2.53. The molecule has 0 saturated heterocycles. The summed E-state index contributed by atoms with van der Waals surface area (Å²) in [6.45, 7) is 2.13. The van der Waals surface area contributed by atoms with E-state index in [0.29, 0.717) is 6.42 Å². The third-order valence-corrected chi connectivity index (χ3v) is 3.93. The van der Waals surface area contributed by atoms with Gasteiger partial charge < -0.3 is 10.2 Å². The van der Waals surface area contributed by atoms with Gasteiger partial charge in [0.2, 0.25) is 0 Å². The molecule has 0 heterocycles. The van der Waals surface area contributed by atoms with E-state index in [1.54, 1.807) is 0 Å². The minimum Gasteiger partial charge on any atom is -0.481 e. The van der Waals surface area contributed by atoms with Crippen molar-refractivity contribution in [3.63, 3.8) is 0 Å². The van der Waals surface area contributed by atoms with Gasteiger partial charge in [-0.2, -0.15) is 0 Å². The summed E-state index contributed by atoms with van der Waals surface area (Å²) in [5, 5.41) is 18.4. The van der Waals surface area contributed by atoms with Crippen molar-refractivity contribution in [2.24, 2.45) is 0 Å². The SMILES string of the molecule is CC/C=C\C/C=C\CC(O)CCCCCCCCCCC(=O)O. The highest BCUT2D eigenvalue weighted by atomic mass is 16.4. The van der Waals surface area contributed by atoms with Gasteiger partial charge in [0.05, 0.1) is 6.10 Å². The maximum atomic E-state index is 10.4. The number of carboxylic acids is 1. The number of aliphatic hydroxyl groups is 1. The van der Waals surface area contributed by atoms with Crippen molar-refractivity contribution in [3.8, 4) is 0 Å². The van der Waals surface area contributed by atoms with E-state index in [9.17, 15) is 9.90 Å². The van der Waals surface area contributed by atoms with Crippen LogP contribution < -0.4 is 0 Å². The average Bonchev–Trinajstić information content (AvgIpc) is 2.52. The van der Waals surface area contributed by atoms with Gasteiger partial charge in [-0.3, -0.25) is 4.79 Å². The highest BCUT2D eigenvalue weighted by molar-refractivity contribution is 5.66. The number of allylic oxidation sites excluding steroid dienone is 3. The van der Waals surface area contributed by atoms with E-state index in [0.717, 1.165) is 51.4 Å². The Bertz CT molecular complexity index is 321. The van der Waals surface area contributed by atoms with Crippen LogP contribution in [-0.4, -0.2) is 22.3 Å². The third kappa shape index (κ3) is 18.9. The van der Waals surface area contributed by atoms with Crippen LogP contribution in [-0.2, 0) is 4.79 Å². The summed E-state index contributed by atoms with van der Waals surface area (Å²) in [4.78, 5) is 10.4. The fraction of sp³-hybridized carbons (Fsp3) is 0.750. The lowest BCUT2D eigenvalue weighted by atomic mass is 10.0. The smallest absolute Gasteiger partial charge is 0.303 e. The Hall–Kier alpha value is -1.09. The van der Waals surface area contributed by atoms with Crippen molar-refractivity contribution in [2.75, 3.05) is 0 Å². The van der Waals surface area contributed by atoms with Gasteiger partial charge in [-0.05, 0) is 32.1 Å². The van der Waals surface area contributed by atoms with Crippen LogP contribution in [0.15, 0.2) is 24.3 Å². The van der Waals surface area contributed by atoms with Crippen molar-refractivity contribution >= 4 is 5.97 Å². The number of aliphatic hydroxyl groups excluding tert-OH is 1. The summed E-state index contributed by atoms with van der Waals surface area (Å²) in [5.41, 5.74) is 0. The lowest BCUT2D eigenvalue weighted by Crippen LogP contribution is -2.04. The highest BCUT2D eigenvalue weighted by Gasteiger charge is 2.01. The van der Waals surface area contributed by atoms with Gasteiger partial charge in [-0.1, -0.05) is 76.2 Å². The lowest BCUT2D eigenvalue weighted by Gasteiger charge is -2.07. The molecule has 0 saturated carbocycles. The van der Waals surface area contributed by atoms with Gasteiger partial charge in [0.15, 0.2) is 0 Å². The maximum absolute atomic E-state index is 10.4. The Balaban J connectivity index is 3.27. The molecule has 0 bridgehead atoms. The summed E-state index contributed by atoms with van der Waals surface area (Å²) in [6, 6.07) is 0. The quantitative estimate of drug-likeness (QED) is 0.285. The average molecular weight is 325 g/mol. The van der Waals surface area contributed by atoms with Crippen LogP contribution in [0.1, 0.15) is 90.4 Å². The molecule has 0 aliphatic rings. The number of hydrogen-bond donors (Lipinski definition) is 2. The Labute approximate surface area is 142 Å². The zero-order valence-electron chi connectivity index (χ0n) is 14.9.